The van der Waals surface area contributed by atoms with Crippen LogP contribution < -0.4 is 5.43 Å². The van der Waals surface area contributed by atoms with Crippen LogP contribution in [0.1, 0.15) is 5.56 Å². The van der Waals surface area contributed by atoms with E-state index in [-0.39, 0.29) is 5.43 Å². The number of hydrogen-bond acceptors (Lipinski definition) is 2. The Hall–Kier alpha value is -2.35. The van der Waals surface area contributed by atoms with Crippen LogP contribution in [-0.2, 0) is 0 Å². The van der Waals surface area contributed by atoms with Gasteiger partial charge in [0.1, 0.15) is 11.3 Å². The lowest BCUT2D eigenvalue weighted by molar-refractivity contribution is 0.613. The molecule has 2 heteroatoms. The summed E-state index contributed by atoms with van der Waals surface area (Å²) in [6, 6.07) is 17.9. The van der Waals surface area contributed by atoms with Crippen LogP contribution in [-0.4, -0.2) is 0 Å². The molecule has 2 aromatic carbocycles. The van der Waals surface area contributed by atoms with Crippen molar-refractivity contribution < 1.29 is 4.42 Å². The van der Waals surface area contributed by atoms with Crippen molar-refractivity contribution >= 4 is 11.0 Å². The molecule has 0 spiro atoms. The first-order valence-electron chi connectivity index (χ1n) is 5.77. The monoisotopic (exact) mass is 235 g/mol. The summed E-state index contributed by atoms with van der Waals surface area (Å²) in [5, 5.41) is 0.578. The van der Waals surface area contributed by atoms with Gasteiger partial charge in [0.15, 0.2) is 5.43 Å². The molecule has 0 aliphatic heterocycles. The third-order valence-corrected chi connectivity index (χ3v) is 2.98. The Balaban J connectivity index is 2.38. The fraction of sp³-hybridized carbons (Fsp3) is 0.0625. The van der Waals surface area contributed by atoms with Gasteiger partial charge < -0.3 is 4.42 Å². The summed E-state index contributed by atoms with van der Waals surface area (Å²) >= 11 is 0. The number of para-hydroxylation sites is 1. The maximum Gasteiger partial charge on any atom is 0.196 e. The molecule has 0 aliphatic rings. The Morgan fingerprint density at radius 3 is 2.61 bits per heavy atom. The van der Waals surface area contributed by atoms with Crippen molar-refractivity contribution in [1.82, 2.24) is 0 Å². The quantitative estimate of drug-likeness (QED) is 0.645. The number of hydrogen-bond donors (Lipinski definition) is 0. The summed E-state index contributed by atoms with van der Waals surface area (Å²) in [6.45, 7) is 1.79. The Morgan fingerprint density at radius 2 is 1.83 bits per heavy atom. The molecule has 1 heterocycles. The SMILES string of the molecule is Cc1c(-c2ccccc2)oc2[c]cccc2c1=O. The van der Waals surface area contributed by atoms with Crippen LogP contribution in [0, 0.1) is 13.0 Å². The molecular weight excluding hydrogens is 224 g/mol. The molecule has 0 saturated carbocycles. The average Bonchev–Trinajstić information content (AvgIpc) is 2.44. The molecule has 87 valence electrons. The van der Waals surface area contributed by atoms with Gasteiger partial charge >= 0.3 is 0 Å². The van der Waals surface area contributed by atoms with E-state index < -0.39 is 0 Å². The first-order chi connectivity index (χ1) is 8.77. The van der Waals surface area contributed by atoms with E-state index in [0.717, 1.165) is 5.56 Å². The van der Waals surface area contributed by atoms with E-state index in [2.05, 4.69) is 6.07 Å². The Kier molecular flexibility index (Phi) is 2.49. The summed E-state index contributed by atoms with van der Waals surface area (Å²) in [5.41, 5.74) is 2.05. The van der Waals surface area contributed by atoms with E-state index in [4.69, 9.17) is 4.42 Å². The first-order valence-corrected chi connectivity index (χ1v) is 5.77. The molecule has 0 bridgehead atoms. The molecule has 3 aromatic rings. The van der Waals surface area contributed by atoms with Gasteiger partial charge in [-0.05, 0) is 13.0 Å². The van der Waals surface area contributed by atoms with Gasteiger partial charge in [0.25, 0.3) is 0 Å². The van der Waals surface area contributed by atoms with Crippen LogP contribution in [0.5, 0.6) is 0 Å². The van der Waals surface area contributed by atoms with Crippen molar-refractivity contribution in [3.8, 4) is 11.3 Å². The smallest absolute Gasteiger partial charge is 0.196 e. The lowest BCUT2D eigenvalue weighted by Crippen LogP contribution is -2.06. The molecule has 0 saturated heterocycles. The predicted molar refractivity (Wildman–Crippen MR) is 71.5 cm³/mol. The lowest BCUT2D eigenvalue weighted by atomic mass is 10.1. The minimum atomic E-state index is 0.00644. The normalized spacial score (nSPS) is 10.7. The van der Waals surface area contributed by atoms with Gasteiger partial charge in [0, 0.05) is 17.2 Å². The van der Waals surface area contributed by atoms with Gasteiger partial charge in [-0.2, -0.15) is 0 Å². The average molecular weight is 235 g/mol. The van der Waals surface area contributed by atoms with Gasteiger partial charge in [0.05, 0.1) is 5.39 Å². The van der Waals surface area contributed by atoms with Crippen LogP contribution in [0.25, 0.3) is 22.3 Å². The molecule has 1 aromatic heterocycles. The van der Waals surface area contributed by atoms with Crippen molar-refractivity contribution in [2.75, 3.05) is 0 Å². The maximum absolute atomic E-state index is 12.2. The minimum Gasteiger partial charge on any atom is -0.455 e. The van der Waals surface area contributed by atoms with Crippen molar-refractivity contribution in [3.05, 3.63) is 70.4 Å². The largest absolute Gasteiger partial charge is 0.455 e. The Morgan fingerprint density at radius 1 is 1.06 bits per heavy atom. The zero-order valence-electron chi connectivity index (χ0n) is 9.94. The number of rotatable bonds is 1. The molecule has 0 N–H and O–H groups in total. The standard InChI is InChI=1S/C16H11O2/c1-11-15(17)13-9-5-6-10-14(13)18-16(11)12-7-3-2-4-8-12/h2-9H,1H3. The fourth-order valence-electron chi connectivity index (χ4n) is 2.03. The summed E-state index contributed by atoms with van der Waals surface area (Å²) in [6.07, 6.45) is 0. The second-order valence-electron chi connectivity index (χ2n) is 4.16. The number of benzene rings is 2. The third kappa shape index (κ3) is 1.63. The highest BCUT2D eigenvalue weighted by molar-refractivity contribution is 5.79. The van der Waals surface area contributed by atoms with E-state index in [1.165, 1.54) is 0 Å². The zero-order chi connectivity index (χ0) is 12.5. The second-order valence-corrected chi connectivity index (χ2v) is 4.16. The van der Waals surface area contributed by atoms with Gasteiger partial charge in [-0.15, -0.1) is 0 Å². The van der Waals surface area contributed by atoms with Crippen molar-refractivity contribution in [2.24, 2.45) is 0 Å². The summed E-state index contributed by atoms with van der Waals surface area (Å²) in [5.74, 6) is 0.621. The highest BCUT2D eigenvalue weighted by Gasteiger charge is 2.11. The van der Waals surface area contributed by atoms with Crippen molar-refractivity contribution in [1.29, 1.82) is 0 Å². The van der Waals surface area contributed by atoms with Gasteiger partial charge in [-0.25, -0.2) is 0 Å². The van der Waals surface area contributed by atoms with Crippen LogP contribution in [0.4, 0.5) is 0 Å². The summed E-state index contributed by atoms with van der Waals surface area (Å²) in [7, 11) is 0. The molecule has 0 amide bonds. The maximum atomic E-state index is 12.2. The molecule has 1 radical (unpaired) electrons. The molecule has 0 unspecified atom stereocenters. The molecule has 2 nitrogen and oxygen atoms in total. The van der Waals surface area contributed by atoms with Crippen LogP contribution in [0.2, 0.25) is 0 Å². The second kappa shape index (κ2) is 4.15. The molecule has 0 atom stereocenters. The molecule has 0 fully saturated rings. The fourth-order valence-corrected chi connectivity index (χ4v) is 2.03. The lowest BCUT2D eigenvalue weighted by Gasteiger charge is -2.06. The van der Waals surface area contributed by atoms with Gasteiger partial charge in [-0.1, -0.05) is 42.5 Å². The molecule has 18 heavy (non-hydrogen) atoms. The van der Waals surface area contributed by atoms with E-state index in [1.807, 2.05) is 30.3 Å². The van der Waals surface area contributed by atoms with Gasteiger partial charge in [-0.3, -0.25) is 4.79 Å². The highest BCUT2D eigenvalue weighted by atomic mass is 16.3. The predicted octanol–water partition coefficient (Wildman–Crippen LogP) is 3.57. The Labute approximate surface area is 105 Å². The minimum absolute atomic E-state index is 0.00644. The zero-order valence-corrected chi connectivity index (χ0v) is 9.94. The topological polar surface area (TPSA) is 30.2 Å². The van der Waals surface area contributed by atoms with Crippen LogP contribution in [0.15, 0.2) is 57.7 Å². The third-order valence-electron chi connectivity index (χ3n) is 2.98. The van der Waals surface area contributed by atoms with E-state index in [1.54, 1.807) is 25.1 Å². The van der Waals surface area contributed by atoms with Crippen molar-refractivity contribution in [3.63, 3.8) is 0 Å². The van der Waals surface area contributed by atoms with Crippen molar-refractivity contribution in [2.45, 2.75) is 6.92 Å². The summed E-state index contributed by atoms with van der Waals surface area (Å²) < 4.78 is 5.80. The Bertz CT molecular complexity index is 755. The number of fused-ring (bicyclic) bond motifs is 1. The van der Waals surface area contributed by atoms with Crippen LogP contribution in [0.3, 0.4) is 0 Å². The summed E-state index contributed by atoms with van der Waals surface area (Å²) in [4.78, 5) is 12.2. The van der Waals surface area contributed by atoms with E-state index >= 15 is 0 Å². The van der Waals surface area contributed by atoms with Crippen LogP contribution >= 0.6 is 0 Å². The van der Waals surface area contributed by atoms with Gasteiger partial charge in [0.2, 0.25) is 0 Å². The molecule has 0 aliphatic carbocycles. The van der Waals surface area contributed by atoms with E-state index in [0.29, 0.717) is 22.3 Å². The van der Waals surface area contributed by atoms with E-state index in [9.17, 15) is 4.79 Å². The molecule has 3 rings (SSSR count). The molecular formula is C16H11O2. The first kappa shape index (κ1) is 10.8. The highest BCUT2D eigenvalue weighted by Crippen LogP contribution is 2.24.